The lowest BCUT2D eigenvalue weighted by atomic mass is 10.2. The molecule has 0 spiro atoms. The third kappa shape index (κ3) is 5.68. The first-order valence-corrected chi connectivity index (χ1v) is 5.42. The SMILES string of the molecule is CCCC[C@@H](OC(=O)C(Cl)Cl)C(=O)Cl. The van der Waals surface area contributed by atoms with Crippen LogP contribution >= 0.6 is 34.8 Å². The molecule has 0 aliphatic carbocycles. The summed E-state index contributed by atoms with van der Waals surface area (Å²) in [5, 5.41) is -0.708. The van der Waals surface area contributed by atoms with Gasteiger partial charge in [0.15, 0.2) is 6.10 Å². The molecular formula is C8H11Cl3O3. The first-order chi connectivity index (χ1) is 6.49. The van der Waals surface area contributed by atoms with E-state index in [1.807, 2.05) is 6.92 Å². The molecule has 14 heavy (non-hydrogen) atoms. The number of halogens is 3. The van der Waals surface area contributed by atoms with E-state index in [1.165, 1.54) is 0 Å². The van der Waals surface area contributed by atoms with Crippen LogP contribution in [0.1, 0.15) is 26.2 Å². The predicted octanol–water partition coefficient (Wildman–Crippen LogP) is 2.66. The summed E-state index contributed by atoms with van der Waals surface area (Å²) in [6, 6.07) is 0. The van der Waals surface area contributed by atoms with Crippen molar-refractivity contribution in [1.82, 2.24) is 0 Å². The first kappa shape index (κ1) is 14.0. The van der Waals surface area contributed by atoms with Gasteiger partial charge in [-0.3, -0.25) is 4.79 Å². The van der Waals surface area contributed by atoms with Gasteiger partial charge in [0.25, 0.3) is 5.24 Å². The Kier molecular flexibility index (Phi) is 7.33. The number of rotatable bonds is 6. The Hall–Kier alpha value is 0.01000. The maximum absolute atomic E-state index is 10.9. The highest BCUT2D eigenvalue weighted by molar-refractivity contribution is 6.64. The summed E-state index contributed by atoms with van der Waals surface area (Å²) in [6.45, 7) is 1.95. The second-order valence-corrected chi connectivity index (χ2v) is 4.14. The van der Waals surface area contributed by atoms with Crippen LogP contribution < -0.4 is 0 Å². The van der Waals surface area contributed by atoms with E-state index in [-0.39, 0.29) is 0 Å². The van der Waals surface area contributed by atoms with Crippen LogP contribution in [0.5, 0.6) is 0 Å². The molecule has 3 nitrogen and oxygen atoms in total. The molecule has 0 saturated heterocycles. The third-order valence-electron chi connectivity index (χ3n) is 1.51. The van der Waals surface area contributed by atoms with Gasteiger partial charge in [-0.25, -0.2) is 4.79 Å². The lowest BCUT2D eigenvalue weighted by Crippen LogP contribution is -2.26. The molecular weight excluding hydrogens is 250 g/mol. The number of carbonyl (C=O) groups is 2. The normalized spacial score (nSPS) is 12.6. The van der Waals surface area contributed by atoms with E-state index in [9.17, 15) is 9.59 Å². The molecule has 6 heteroatoms. The van der Waals surface area contributed by atoms with E-state index >= 15 is 0 Å². The summed E-state index contributed by atoms with van der Waals surface area (Å²) >= 11 is 15.7. The standard InChI is InChI=1S/C8H11Cl3O3/c1-2-3-4-5(7(11)12)14-8(13)6(9)10/h5-6H,2-4H2,1H3/t5-/m1/s1. The number of hydrogen-bond acceptors (Lipinski definition) is 3. The molecule has 0 aromatic carbocycles. The van der Waals surface area contributed by atoms with Crippen molar-refractivity contribution in [2.24, 2.45) is 0 Å². The van der Waals surface area contributed by atoms with Gasteiger partial charge in [-0.05, 0) is 24.4 Å². The Bertz CT molecular complexity index is 206. The molecule has 0 rings (SSSR count). The smallest absolute Gasteiger partial charge is 0.340 e. The highest BCUT2D eigenvalue weighted by Crippen LogP contribution is 2.12. The highest BCUT2D eigenvalue weighted by atomic mass is 35.5. The Morgan fingerprint density at radius 2 is 1.93 bits per heavy atom. The molecule has 0 fully saturated rings. The van der Waals surface area contributed by atoms with Gasteiger partial charge in [-0.2, -0.15) is 0 Å². The van der Waals surface area contributed by atoms with Crippen molar-refractivity contribution in [3.05, 3.63) is 0 Å². The van der Waals surface area contributed by atoms with Gasteiger partial charge >= 0.3 is 5.97 Å². The summed E-state index contributed by atoms with van der Waals surface area (Å²) in [5.41, 5.74) is 0. The van der Waals surface area contributed by atoms with Crippen molar-refractivity contribution in [1.29, 1.82) is 0 Å². The fraction of sp³-hybridized carbons (Fsp3) is 0.750. The minimum atomic E-state index is -1.28. The number of esters is 1. The van der Waals surface area contributed by atoms with Crippen molar-refractivity contribution in [3.63, 3.8) is 0 Å². The Morgan fingerprint density at radius 3 is 2.29 bits per heavy atom. The fourth-order valence-corrected chi connectivity index (χ4v) is 1.06. The molecule has 0 aliphatic heterocycles. The summed E-state index contributed by atoms with van der Waals surface area (Å²) in [5.74, 6) is -0.844. The second-order valence-electron chi connectivity index (χ2n) is 2.67. The van der Waals surface area contributed by atoms with Crippen molar-refractivity contribution in [3.8, 4) is 0 Å². The number of alkyl halides is 2. The number of carbonyl (C=O) groups excluding carboxylic acids is 2. The summed E-state index contributed by atoms with van der Waals surface area (Å²) in [4.78, 5) is 20.5. The Morgan fingerprint density at radius 1 is 1.36 bits per heavy atom. The molecule has 0 N–H and O–H groups in total. The molecule has 0 aromatic heterocycles. The first-order valence-electron chi connectivity index (χ1n) is 4.17. The van der Waals surface area contributed by atoms with Crippen molar-refractivity contribution in [2.75, 3.05) is 0 Å². The molecule has 0 radical (unpaired) electrons. The van der Waals surface area contributed by atoms with E-state index in [1.54, 1.807) is 0 Å². The summed E-state index contributed by atoms with van der Waals surface area (Å²) < 4.78 is 4.69. The lowest BCUT2D eigenvalue weighted by Gasteiger charge is -2.13. The zero-order chi connectivity index (χ0) is 11.1. The third-order valence-corrected chi connectivity index (χ3v) is 2.11. The summed E-state index contributed by atoms with van der Waals surface area (Å²) in [6.07, 6.45) is 1.07. The van der Waals surface area contributed by atoms with Crippen molar-refractivity contribution >= 4 is 46.0 Å². The van der Waals surface area contributed by atoms with Crippen LogP contribution in [-0.4, -0.2) is 22.2 Å². The molecule has 0 heterocycles. The van der Waals surface area contributed by atoms with Gasteiger partial charge in [0.05, 0.1) is 0 Å². The van der Waals surface area contributed by atoms with E-state index in [4.69, 9.17) is 39.5 Å². The molecule has 0 bridgehead atoms. The van der Waals surface area contributed by atoms with Crippen LogP contribution in [0.25, 0.3) is 0 Å². The summed E-state index contributed by atoms with van der Waals surface area (Å²) in [7, 11) is 0. The van der Waals surface area contributed by atoms with Crippen LogP contribution in [0.15, 0.2) is 0 Å². The van der Waals surface area contributed by atoms with E-state index in [0.717, 1.165) is 12.8 Å². The number of ether oxygens (including phenoxy) is 1. The monoisotopic (exact) mass is 260 g/mol. The molecule has 1 atom stereocenters. The lowest BCUT2D eigenvalue weighted by molar-refractivity contribution is -0.151. The number of unbranched alkanes of at least 4 members (excludes halogenated alkanes) is 1. The minimum Gasteiger partial charge on any atom is -0.451 e. The fourth-order valence-electron chi connectivity index (χ4n) is 0.800. The van der Waals surface area contributed by atoms with Crippen LogP contribution in [0, 0.1) is 0 Å². The van der Waals surface area contributed by atoms with E-state index in [0.29, 0.717) is 6.42 Å². The van der Waals surface area contributed by atoms with E-state index in [2.05, 4.69) is 0 Å². The maximum Gasteiger partial charge on any atom is 0.340 e. The average molecular weight is 262 g/mol. The van der Waals surface area contributed by atoms with Crippen molar-refractivity contribution < 1.29 is 14.3 Å². The van der Waals surface area contributed by atoms with Crippen molar-refractivity contribution in [2.45, 2.75) is 37.1 Å². The number of hydrogen-bond donors (Lipinski definition) is 0. The molecule has 0 unspecified atom stereocenters. The minimum absolute atomic E-state index is 0.394. The van der Waals surface area contributed by atoms with Crippen LogP contribution in [-0.2, 0) is 14.3 Å². The maximum atomic E-state index is 10.9. The molecule has 0 saturated carbocycles. The molecule has 0 amide bonds. The molecule has 0 aliphatic rings. The van der Waals surface area contributed by atoms with Gasteiger partial charge in [0.1, 0.15) is 0 Å². The highest BCUT2D eigenvalue weighted by Gasteiger charge is 2.23. The van der Waals surface area contributed by atoms with Crippen LogP contribution in [0.2, 0.25) is 0 Å². The van der Waals surface area contributed by atoms with Crippen LogP contribution in [0.3, 0.4) is 0 Å². The van der Waals surface area contributed by atoms with Gasteiger partial charge in [0.2, 0.25) is 4.84 Å². The molecule has 82 valence electrons. The predicted molar refractivity (Wildman–Crippen MR) is 55.8 cm³/mol. The second kappa shape index (κ2) is 7.32. The quantitative estimate of drug-likeness (QED) is 0.419. The topological polar surface area (TPSA) is 43.4 Å². The Balaban J connectivity index is 4.09. The average Bonchev–Trinajstić information content (AvgIpc) is 2.10. The zero-order valence-corrected chi connectivity index (χ0v) is 9.90. The van der Waals surface area contributed by atoms with E-state index < -0.39 is 22.2 Å². The zero-order valence-electron chi connectivity index (χ0n) is 7.63. The van der Waals surface area contributed by atoms with Gasteiger partial charge in [-0.15, -0.1) is 0 Å². The van der Waals surface area contributed by atoms with Gasteiger partial charge in [-0.1, -0.05) is 36.5 Å². The van der Waals surface area contributed by atoms with Gasteiger partial charge < -0.3 is 4.74 Å². The largest absolute Gasteiger partial charge is 0.451 e. The van der Waals surface area contributed by atoms with Crippen LogP contribution in [0.4, 0.5) is 0 Å². The Labute approximate surface area is 97.6 Å². The van der Waals surface area contributed by atoms with Gasteiger partial charge in [0, 0.05) is 0 Å². The molecule has 0 aromatic rings.